The van der Waals surface area contributed by atoms with E-state index in [2.05, 4.69) is 15.3 Å². The summed E-state index contributed by atoms with van der Waals surface area (Å²) >= 11 is 1.34. The Hall–Kier alpha value is -3.00. The summed E-state index contributed by atoms with van der Waals surface area (Å²) in [4.78, 5) is 0.622. The summed E-state index contributed by atoms with van der Waals surface area (Å²) in [5.74, 6) is 1.63. The van der Waals surface area contributed by atoms with E-state index >= 15 is 0 Å². The van der Waals surface area contributed by atoms with Crippen LogP contribution in [0.5, 0.6) is 11.5 Å². The van der Waals surface area contributed by atoms with Gasteiger partial charge in [-0.05, 0) is 24.3 Å². The van der Waals surface area contributed by atoms with E-state index < -0.39 is 6.10 Å². The molecule has 0 bridgehead atoms. The van der Waals surface area contributed by atoms with E-state index in [0.29, 0.717) is 39.5 Å². The Bertz CT molecular complexity index is 1080. The SMILES string of the molecule is Fc1cccc(-c2nn3c([C@@H]4COc5ccccc5O4)nnc3s2)c1. The van der Waals surface area contributed by atoms with Gasteiger partial charge in [-0.3, -0.25) is 0 Å². The summed E-state index contributed by atoms with van der Waals surface area (Å²) in [5.41, 5.74) is 0.701. The Labute approximate surface area is 145 Å². The molecule has 0 spiro atoms. The van der Waals surface area contributed by atoms with Crippen molar-refractivity contribution in [2.45, 2.75) is 6.10 Å². The third-order valence-electron chi connectivity index (χ3n) is 3.88. The van der Waals surface area contributed by atoms with Crippen LogP contribution in [0.4, 0.5) is 4.39 Å². The first kappa shape index (κ1) is 14.4. The molecule has 0 amide bonds. The summed E-state index contributed by atoms with van der Waals surface area (Å²) in [6, 6.07) is 13.8. The Kier molecular flexibility index (Phi) is 3.17. The van der Waals surface area contributed by atoms with Crippen LogP contribution in [-0.4, -0.2) is 26.4 Å². The largest absolute Gasteiger partial charge is 0.485 e. The number of nitrogens with zero attached hydrogens (tertiary/aromatic N) is 4. The van der Waals surface area contributed by atoms with Crippen LogP contribution in [-0.2, 0) is 0 Å². The van der Waals surface area contributed by atoms with Crippen molar-refractivity contribution in [2.75, 3.05) is 6.61 Å². The van der Waals surface area contributed by atoms with E-state index in [0.717, 1.165) is 0 Å². The molecular formula is C17H11FN4O2S. The average Bonchev–Trinajstić information content (AvgIpc) is 3.22. The van der Waals surface area contributed by atoms with Crippen LogP contribution in [0.3, 0.4) is 0 Å². The molecule has 1 atom stereocenters. The Balaban J connectivity index is 1.53. The lowest BCUT2D eigenvalue weighted by Gasteiger charge is -2.24. The molecule has 0 saturated carbocycles. The Morgan fingerprint density at radius 3 is 2.84 bits per heavy atom. The highest BCUT2D eigenvalue weighted by atomic mass is 32.1. The first-order valence-electron chi connectivity index (χ1n) is 7.64. The van der Waals surface area contributed by atoms with Crippen molar-refractivity contribution in [1.82, 2.24) is 19.8 Å². The molecule has 0 saturated heterocycles. The van der Waals surface area contributed by atoms with Gasteiger partial charge in [0, 0.05) is 5.56 Å². The topological polar surface area (TPSA) is 61.5 Å². The highest BCUT2D eigenvalue weighted by molar-refractivity contribution is 7.19. The first-order chi connectivity index (χ1) is 12.3. The molecule has 6 nitrogen and oxygen atoms in total. The van der Waals surface area contributed by atoms with Crippen molar-refractivity contribution in [2.24, 2.45) is 0 Å². The van der Waals surface area contributed by atoms with Gasteiger partial charge in [-0.2, -0.15) is 9.61 Å². The minimum absolute atomic E-state index is 0.302. The fourth-order valence-electron chi connectivity index (χ4n) is 2.72. The van der Waals surface area contributed by atoms with E-state index in [-0.39, 0.29) is 5.82 Å². The Morgan fingerprint density at radius 2 is 1.96 bits per heavy atom. The molecule has 1 aliphatic rings. The highest BCUT2D eigenvalue weighted by Gasteiger charge is 2.28. The molecule has 1 aliphatic heterocycles. The van der Waals surface area contributed by atoms with Crippen LogP contribution in [0, 0.1) is 5.82 Å². The maximum absolute atomic E-state index is 13.5. The molecule has 0 radical (unpaired) electrons. The number of halogens is 1. The van der Waals surface area contributed by atoms with E-state index in [1.807, 2.05) is 30.3 Å². The van der Waals surface area contributed by atoms with Crippen molar-refractivity contribution in [3.8, 4) is 22.1 Å². The average molecular weight is 354 g/mol. The molecule has 124 valence electrons. The molecule has 0 unspecified atom stereocenters. The molecule has 0 aliphatic carbocycles. The zero-order valence-corrected chi connectivity index (χ0v) is 13.6. The van der Waals surface area contributed by atoms with Gasteiger partial charge in [0.1, 0.15) is 17.4 Å². The lowest BCUT2D eigenvalue weighted by molar-refractivity contribution is 0.0836. The molecule has 3 heterocycles. The number of benzene rings is 2. The zero-order chi connectivity index (χ0) is 16.8. The van der Waals surface area contributed by atoms with Gasteiger partial charge in [0.15, 0.2) is 23.4 Å². The predicted octanol–water partition coefficient (Wildman–Crippen LogP) is 3.50. The number of rotatable bonds is 2. The van der Waals surface area contributed by atoms with Gasteiger partial charge in [-0.1, -0.05) is 35.6 Å². The normalized spacial score (nSPS) is 16.3. The van der Waals surface area contributed by atoms with Crippen LogP contribution in [0.25, 0.3) is 15.5 Å². The smallest absolute Gasteiger partial charge is 0.235 e. The molecular weight excluding hydrogens is 343 g/mol. The first-order valence-corrected chi connectivity index (χ1v) is 8.46. The minimum Gasteiger partial charge on any atom is -0.485 e. The third kappa shape index (κ3) is 2.42. The second-order valence-electron chi connectivity index (χ2n) is 5.53. The molecule has 5 rings (SSSR count). The van der Waals surface area contributed by atoms with Crippen molar-refractivity contribution in [1.29, 1.82) is 0 Å². The molecule has 4 aromatic rings. The summed E-state index contributed by atoms with van der Waals surface area (Å²) < 4.78 is 26.8. The fourth-order valence-corrected chi connectivity index (χ4v) is 3.56. The second-order valence-corrected chi connectivity index (χ2v) is 6.49. The maximum atomic E-state index is 13.5. The monoisotopic (exact) mass is 354 g/mol. The zero-order valence-electron chi connectivity index (χ0n) is 12.8. The van der Waals surface area contributed by atoms with Crippen LogP contribution in [0.2, 0.25) is 0 Å². The van der Waals surface area contributed by atoms with Crippen molar-refractivity contribution >= 4 is 16.3 Å². The second kappa shape index (κ2) is 5.52. The van der Waals surface area contributed by atoms with Gasteiger partial charge >= 0.3 is 0 Å². The number of aromatic nitrogens is 4. The van der Waals surface area contributed by atoms with Crippen LogP contribution >= 0.6 is 11.3 Å². The van der Waals surface area contributed by atoms with Crippen LogP contribution in [0.15, 0.2) is 48.5 Å². The standard InChI is InChI=1S/C17H11FN4O2S/c18-11-5-3-4-10(8-11)16-21-22-15(19-20-17(22)25-16)14-9-23-12-6-1-2-7-13(12)24-14/h1-8,14H,9H2/t14-/m0/s1. The van der Waals surface area contributed by atoms with Gasteiger partial charge in [-0.25, -0.2) is 4.39 Å². The minimum atomic E-state index is -0.410. The molecule has 8 heteroatoms. The maximum Gasteiger partial charge on any atom is 0.235 e. The Morgan fingerprint density at radius 1 is 1.08 bits per heavy atom. The number of para-hydroxylation sites is 2. The molecule has 2 aromatic heterocycles. The van der Waals surface area contributed by atoms with Gasteiger partial charge < -0.3 is 9.47 Å². The van der Waals surface area contributed by atoms with E-state index in [4.69, 9.17) is 9.47 Å². The summed E-state index contributed by atoms with van der Waals surface area (Å²) in [6.45, 7) is 0.324. The number of hydrogen-bond acceptors (Lipinski definition) is 6. The van der Waals surface area contributed by atoms with Crippen LogP contribution < -0.4 is 9.47 Å². The lowest BCUT2D eigenvalue weighted by atomic mass is 10.2. The van der Waals surface area contributed by atoms with Crippen molar-refractivity contribution in [3.05, 3.63) is 60.2 Å². The van der Waals surface area contributed by atoms with Gasteiger partial charge in [-0.15, -0.1) is 10.2 Å². The summed E-state index contributed by atoms with van der Waals surface area (Å²) in [5, 5.41) is 13.5. The van der Waals surface area contributed by atoms with Crippen molar-refractivity contribution < 1.29 is 13.9 Å². The third-order valence-corrected chi connectivity index (χ3v) is 4.83. The number of hydrogen-bond donors (Lipinski definition) is 0. The van der Waals surface area contributed by atoms with Crippen molar-refractivity contribution in [3.63, 3.8) is 0 Å². The quantitative estimate of drug-likeness (QED) is 0.551. The van der Waals surface area contributed by atoms with Gasteiger partial charge in [0.05, 0.1) is 0 Å². The lowest BCUT2D eigenvalue weighted by Crippen LogP contribution is -2.23. The molecule has 2 aromatic carbocycles. The summed E-state index contributed by atoms with van der Waals surface area (Å²) in [6.07, 6.45) is -0.410. The number of fused-ring (bicyclic) bond motifs is 2. The molecule has 0 fully saturated rings. The van der Waals surface area contributed by atoms with E-state index in [1.54, 1.807) is 10.6 Å². The fraction of sp³-hybridized carbons (Fsp3) is 0.118. The van der Waals surface area contributed by atoms with E-state index in [9.17, 15) is 4.39 Å². The van der Waals surface area contributed by atoms with Crippen LogP contribution in [0.1, 0.15) is 11.9 Å². The molecule has 25 heavy (non-hydrogen) atoms. The van der Waals surface area contributed by atoms with Gasteiger partial charge in [0.25, 0.3) is 0 Å². The van der Waals surface area contributed by atoms with E-state index in [1.165, 1.54) is 23.5 Å². The summed E-state index contributed by atoms with van der Waals surface area (Å²) in [7, 11) is 0. The molecule has 0 N–H and O–H groups in total. The van der Waals surface area contributed by atoms with Gasteiger partial charge in [0.2, 0.25) is 4.96 Å². The predicted molar refractivity (Wildman–Crippen MR) is 89.4 cm³/mol. The highest BCUT2D eigenvalue weighted by Crippen LogP contribution is 2.36. The number of ether oxygens (including phenoxy) is 2.